The van der Waals surface area contributed by atoms with Crippen LogP contribution in [-0.4, -0.2) is 12.6 Å². The lowest BCUT2D eigenvalue weighted by atomic mass is 9.25. The Kier molecular flexibility index (Phi) is 3.07. The first-order valence-corrected chi connectivity index (χ1v) is 11.4. The molecule has 0 aromatic carbocycles. The smallest absolute Gasteiger partial charge is 0.312 e. The third kappa shape index (κ3) is 1.78. The molecule has 9 rings (SSSR count). The molecule has 4 atom stereocenters. The van der Waals surface area contributed by atoms with Crippen LogP contribution in [0, 0.1) is 39.4 Å². The number of carbonyl (C=O) groups is 1. The van der Waals surface area contributed by atoms with Crippen LogP contribution in [0.3, 0.4) is 0 Å². The van der Waals surface area contributed by atoms with Crippen molar-refractivity contribution < 1.29 is 9.53 Å². The van der Waals surface area contributed by atoms with Gasteiger partial charge in [-0.15, -0.1) is 0 Å². The van der Waals surface area contributed by atoms with E-state index in [4.69, 9.17) is 4.74 Å². The number of hydrogen-bond donors (Lipinski definition) is 0. The van der Waals surface area contributed by atoms with Crippen LogP contribution in [0.4, 0.5) is 0 Å². The predicted molar refractivity (Wildman–Crippen MR) is 106 cm³/mol. The van der Waals surface area contributed by atoms with E-state index in [9.17, 15) is 4.79 Å². The standard InChI is InChI=1S/C25H34O2/c1-16(2)17-5-7-19-18(11-17)6-8-20-22(19,3)9-4-10-25(20)21(26)27-15-23-12-24(25,13-23)14-23/h6,11,16,19-20H,4-5,7-10,12-15H2,1-3H3/t19-,20+,22-,23?,24?,25-/m1/s1. The highest BCUT2D eigenvalue weighted by molar-refractivity contribution is 5.81. The molecule has 7 fully saturated rings. The molecule has 4 saturated carbocycles. The molecular formula is C25H34O2. The van der Waals surface area contributed by atoms with Gasteiger partial charge in [0.1, 0.15) is 0 Å². The summed E-state index contributed by atoms with van der Waals surface area (Å²) in [6, 6.07) is 0. The van der Waals surface area contributed by atoms with Gasteiger partial charge >= 0.3 is 5.97 Å². The summed E-state index contributed by atoms with van der Waals surface area (Å²) in [4.78, 5) is 13.5. The number of rotatable bonds is 1. The van der Waals surface area contributed by atoms with Crippen LogP contribution < -0.4 is 0 Å². The largest absolute Gasteiger partial charge is 0.465 e. The molecule has 3 saturated heterocycles. The molecule has 2 bridgehead atoms. The van der Waals surface area contributed by atoms with Crippen molar-refractivity contribution in [2.24, 2.45) is 39.4 Å². The quantitative estimate of drug-likeness (QED) is 0.546. The normalized spacial score (nSPS) is 52.5. The molecule has 6 aliphatic carbocycles. The van der Waals surface area contributed by atoms with E-state index in [-0.39, 0.29) is 16.8 Å². The zero-order valence-electron chi connectivity index (χ0n) is 17.3. The van der Waals surface area contributed by atoms with Gasteiger partial charge in [0.2, 0.25) is 0 Å². The number of fused-ring (bicyclic) bond motifs is 3. The van der Waals surface area contributed by atoms with Gasteiger partial charge in [-0.25, -0.2) is 0 Å². The van der Waals surface area contributed by atoms with E-state index >= 15 is 0 Å². The maximum Gasteiger partial charge on any atom is 0.312 e. The van der Waals surface area contributed by atoms with Crippen molar-refractivity contribution in [3.63, 3.8) is 0 Å². The zero-order chi connectivity index (χ0) is 18.7. The summed E-state index contributed by atoms with van der Waals surface area (Å²) in [7, 11) is 0. The Morgan fingerprint density at radius 3 is 2.70 bits per heavy atom. The number of allylic oxidation sites excluding steroid dienone is 4. The molecule has 0 aromatic rings. The third-order valence-corrected chi connectivity index (χ3v) is 10.2. The van der Waals surface area contributed by atoms with Gasteiger partial charge in [0.25, 0.3) is 0 Å². The van der Waals surface area contributed by atoms with E-state index < -0.39 is 0 Å². The fourth-order valence-electron chi connectivity index (χ4n) is 9.10. The number of esters is 1. The Hall–Kier alpha value is -1.05. The molecule has 9 aliphatic rings. The molecule has 0 radical (unpaired) electrons. The molecule has 1 spiro atoms. The SMILES string of the molecule is CC(C)C1=CC2=CC[C@H]3[C@](C)(CCC[C@]34C(=O)OCC35CC4(C3)C5)[C@@H]2CC1. The maximum absolute atomic E-state index is 13.5. The van der Waals surface area contributed by atoms with E-state index in [2.05, 4.69) is 32.9 Å². The summed E-state index contributed by atoms with van der Waals surface area (Å²) in [5, 5.41) is 0. The number of ether oxygens (including phenoxy) is 1. The Morgan fingerprint density at radius 2 is 1.96 bits per heavy atom. The molecule has 0 amide bonds. The number of hydrogen-bond acceptors (Lipinski definition) is 2. The lowest BCUT2D eigenvalue weighted by Gasteiger charge is -2.76. The number of carbonyl (C=O) groups excluding carboxylic acids is 1. The zero-order valence-corrected chi connectivity index (χ0v) is 17.3. The van der Waals surface area contributed by atoms with Gasteiger partial charge in [-0.1, -0.05) is 44.9 Å². The van der Waals surface area contributed by atoms with Gasteiger partial charge in [-0.3, -0.25) is 4.79 Å². The van der Waals surface area contributed by atoms with Crippen LogP contribution in [-0.2, 0) is 9.53 Å². The highest BCUT2D eigenvalue weighted by atomic mass is 16.5. The van der Waals surface area contributed by atoms with Crippen LogP contribution in [0.5, 0.6) is 0 Å². The minimum Gasteiger partial charge on any atom is -0.465 e. The molecule has 0 aromatic heterocycles. The maximum atomic E-state index is 13.5. The Morgan fingerprint density at radius 1 is 1.19 bits per heavy atom. The highest BCUT2D eigenvalue weighted by Gasteiger charge is 2.82. The van der Waals surface area contributed by atoms with Crippen LogP contribution >= 0.6 is 0 Å². The van der Waals surface area contributed by atoms with Crippen molar-refractivity contribution in [3.8, 4) is 0 Å². The average molecular weight is 367 g/mol. The molecule has 3 heterocycles. The second-order valence-electron chi connectivity index (χ2n) is 11.7. The van der Waals surface area contributed by atoms with Gasteiger partial charge < -0.3 is 4.74 Å². The van der Waals surface area contributed by atoms with Crippen molar-refractivity contribution >= 4 is 5.97 Å². The minimum absolute atomic E-state index is 0.178. The first kappa shape index (κ1) is 16.9. The van der Waals surface area contributed by atoms with E-state index in [0.29, 0.717) is 35.2 Å². The van der Waals surface area contributed by atoms with Crippen molar-refractivity contribution in [1.29, 1.82) is 0 Å². The van der Waals surface area contributed by atoms with E-state index in [0.717, 1.165) is 12.8 Å². The summed E-state index contributed by atoms with van der Waals surface area (Å²) in [6.07, 6.45) is 16.1. The highest BCUT2D eigenvalue weighted by Crippen LogP contribution is 2.85. The molecule has 27 heavy (non-hydrogen) atoms. The van der Waals surface area contributed by atoms with Crippen molar-refractivity contribution in [3.05, 3.63) is 23.3 Å². The lowest BCUT2D eigenvalue weighted by Crippen LogP contribution is -2.73. The second kappa shape index (κ2) is 4.92. The molecule has 3 aliphatic heterocycles. The van der Waals surface area contributed by atoms with Gasteiger partial charge in [0.05, 0.1) is 12.0 Å². The summed E-state index contributed by atoms with van der Waals surface area (Å²) in [5.74, 6) is 1.99. The first-order valence-electron chi connectivity index (χ1n) is 11.4. The second-order valence-corrected chi connectivity index (χ2v) is 11.7. The van der Waals surface area contributed by atoms with Gasteiger partial charge in [0, 0.05) is 5.41 Å². The van der Waals surface area contributed by atoms with E-state index in [1.165, 1.54) is 44.9 Å². The van der Waals surface area contributed by atoms with E-state index in [1.807, 2.05) is 0 Å². The molecule has 2 nitrogen and oxygen atoms in total. The average Bonchev–Trinajstić information content (AvgIpc) is 2.80. The van der Waals surface area contributed by atoms with E-state index in [1.54, 1.807) is 11.1 Å². The summed E-state index contributed by atoms with van der Waals surface area (Å²) < 4.78 is 6.00. The third-order valence-electron chi connectivity index (χ3n) is 10.2. The molecule has 0 N–H and O–H groups in total. The van der Waals surface area contributed by atoms with Gasteiger partial charge in [0.15, 0.2) is 0 Å². The summed E-state index contributed by atoms with van der Waals surface area (Å²) in [5.41, 5.74) is 4.00. The van der Waals surface area contributed by atoms with Crippen LogP contribution in [0.1, 0.15) is 78.6 Å². The minimum atomic E-state index is -0.178. The fraction of sp³-hybridized carbons (Fsp3) is 0.800. The Bertz CT molecular complexity index is 766. The molecule has 0 unspecified atom stereocenters. The van der Waals surface area contributed by atoms with Crippen LogP contribution in [0.25, 0.3) is 0 Å². The van der Waals surface area contributed by atoms with Crippen molar-refractivity contribution in [2.45, 2.75) is 78.6 Å². The van der Waals surface area contributed by atoms with Crippen LogP contribution in [0.15, 0.2) is 23.3 Å². The Labute approximate surface area is 163 Å². The fourth-order valence-corrected chi connectivity index (χ4v) is 9.10. The van der Waals surface area contributed by atoms with Gasteiger partial charge in [-0.2, -0.15) is 0 Å². The Balaban J connectivity index is 1.45. The van der Waals surface area contributed by atoms with Crippen molar-refractivity contribution in [1.82, 2.24) is 0 Å². The first-order chi connectivity index (χ1) is 12.8. The van der Waals surface area contributed by atoms with Crippen molar-refractivity contribution in [2.75, 3.05) is 6.61 Å². The lowest BCUT2D eigenvalue weighted by molar-refractivity contribution is -0.282. The topological polar surface area (TPSA) is 26.3 Å². The summed E-state index contributed by atoms with van der Waals surface area (Å²) >= 11 is 0. The van der Waals surface area contributed by atoms with Crippen LogP contribution in [0.2, 0.25) is 0 Å². The monoisotopic (exact) mass is 366 g/mol. The molecule has 146 valence electrons. The van der Waals surface area contributed by atoms with Gasteiger partial charge in [-0.05, 0) is 85.5 Å². The predicted octanol–water partition coefficient (Wildman–Crippen LogP) is 5.83. The molecular weight excluding hydrogens is 332 g/mol. The molecule has 2 heteroatoms. The summed E-state index contributed by atoms with van der Waals surface area (Å²) in [6.45, 7) is 7.92.